The van der Waals surface area contributed by atoms with Crippen LogP contribution in [0.1, 0.15) is 42.9 Å². The highest BCUT2D eigenvalue weighted by molar-refractivity contribution is 5.76. The normalized spacial score (nSPS) is 22.3. The Bertz CT molecular complexity index is 556. The molecule has 1 fully saturated rings. The third kappa shape index (κ3) is 3.42. The zero-order chi connectivity index (χ0) is 16.4. The molecule has 1 aromatic rings. The van der Waals surface area contributed by atoms with E-state index in [1.54, 1.807) is 6.07 Å². The Morgan fingerprint density at radius 2 is 2.14 bits per heavy atom. The van der Waals surface area contributed by atoms with E-state index in [-0.39, 0.29) is 11.7 Å². The van der Waals surface area contributed by atoms with E-state index in [9.17, 15) is 15.0 Å². The number of carbonyl (C=O) groups excluding carboxylic acids is 1. The van der Waals surface area contributed by atoms with E-state index in [4.69, 9.17) is 4.74 Å². The number of phenols is 1. The Kier molecular flexibility index (Phi) is 5.08. The second kappa shape index (κ2) is 6.67. The molecule has 0 spiro atoms. The molecule has 1 aliphatic heterocycles. The van der Waals surface area contributed by atoms with E-state index < -0.39 is 12.1 Å². The number of aliphatic hydroxyl groups is 1. The summed E-state index contributed by atoms with van der Waals surface area (Å²) < 4.78 is 4.81. The Morgan fingerprint density at radius 1 is 1.45 bits per heavy atom. The van der Waals surface area contributed by atoms with Gasteiger partial charge < -0.3 is 14.9 Å². The van der Waals surface area contributed by atoms with Gasteiger partial charge in [-0.1, -0.05) is 19.9 Å². The fourth-order valence-corrected chi connectivity index (χ4v) is 3.16. The molecule has 22 heavy (non-hydrogen) atoms. The number of ether oxygens (including phenoxy) is 1. The highest BCUT2D eigenvalue weighted by atomic mass is 16.5. The van der Waals surface area contributed by atoms with Gasteiger partial charge in [0.2, 0.25) is 0 Å². The number of likely N-dealkylation sites (tertiary alicyclic amines) is 1. The number of methoxy groups -OCH3 is 1. The molecule has 2 atom stereocenters. The van der Waals surface area contributed by atoms with Crippen LogP contribution in [-0.2, 0) is 16.1 Å². The molecule has 1 heterocycles. The summed E-state index contributed by atoms with van der Waals surface area (Å²) >= 11 is 0. The fraction of sp³-hybridized carbons (Fsp3) is 0.588. The largest absolute Gasteiger partial charge is 0.508 e. The maximum atomic E-state index is 11.8. The molecule has 1 aliphatic rings. The van der Waals surface area contributed by atoms with E-state index in [0.29, 0.717) is 25.4 Å². The lowest BCUT2D eigenvalue weighted by atomic mass is 9.95. The SMILES string of the molecule is COC(=O)[C@@H]1C[C@@H](O)CN1Cc1cc(C(C)C)c(C)cc1O. The second-order valence-corrected chi connectivity index (χ2v) is 6.35. The Balaban J connectivity index is 2.25. The summed E-state index contributed by atoms with van der Waals surface area (Å²) in [7, 11) is 1.35. The minimum Gasteiger partial charge on any atom is -0.508 e. The third-order valence-corrected chi connectivity index (χ3v) is 4.32. The van der Waals surface area contributed by atoms with Gasteiger partial charge in [0.1, 0.15) is 11.8 Å². The molecular weight excluding hydrogens is 282 g/mol. The van der Waals surface area contributed by atoms with Crippen molar-refractivity contribution in [3.05, 3.63) is 28.8 Å². The van der Waals surface area contributed by atoms with E-state index in [1.807, 2.05) is 17.9 Å². The number of nitrogens with zero attached hydrogens (tertiary/aromatic N) is 1. The number of hydrogen-bond acceptors (Lipinski definition) is 5. The standard InChI is InChI=1S/C17H25NO4/c1-10(2)14-6-12(16(20)5-11(14)3)8-18-9-13(19)7-15(18)17(21)22-4/h5-6,10,13,15,19-20H,7-9H2,1-4H3/t13-,15+/m1/s1. The van der Waals surface area contributed by atoms with Crippen LogP contribution in [0, 0.1) is 6.92 Å². The fourth-order valence-electron chi connectivity index (χ4n) is 3.16. The summed E-state index contributed by atoms with van der Waals surface area (Å²) in [5.41, 5.74) is 3.02. The van der Waals surface area contributed by atoms with Crippen molar-refractivity contribution in [3.63, 3.8) is 0 Å². The molecule has 1 saturated heterocycles. The predicted molar refractivity (Wildman–Crippen MR) is 83.8 cm³/mol. The number of rotatable bonds is 4. The first-order valence-electron chi connectivity index (χ1n) is 7.65. The van der Waals surface area contributed by atoms with Gasteiger partial charge in [-0.3, -0.25) is 9.69 Å². The lowest BCUT2D eigenvalue weighted by Gasteiger charge is -2.23. The molecule has 0 unspecified atom stereocenters. The average Bonchev–Trinajstić information content (AvgIpc) is 2.81. The van der Waals surface area contributed by atoms with Crippen molar-refractivity contribution < 1.29 is 19.7 Å². The van der Waals surface area contributed by atoms with E-state index in [1.165, 1.54) is 12.7 Å². The first kappa shape index (κ1) is 16.8. The molecular formula is C17H25NO4. The summed E-state index contributed by atoms with van der Waals surface area (Å²) in [6.07, 6.45) is -0.169. The van der Waals surface area contributed by atoms with E-state index in [2.05, 4.69) is 13.8 Å². The van der Waals surface area contributed by atoms with Crippen LogP contribution < -0.4 is 0 Å². The third-order valence-electron chi connectivity index (χ3n) is 4.32. The zero-order valence-corrected chi connectivity index (χ0v) is 13.7. The molecule has 0 aromatic heterocycles. The van der Waals surface area contributed by atoms with Crippen molar-refractivity contribution in [3.8, 4) is 5.75 Å². The Morgan fingerprint density at radius 3 is 2.73 bits per heavy atom. The predicted octanol–water partition coefficient (Wildman–Crippen LogP) is 1.93. The topological polar surface area (TPSA) is 70.0 Å². The molecule has 0 bridgehead atoms. The monoisotopic (exact) mass is 307 g/mol. The zero-order valence-electron chi connectivity index (χ0n) is 13.7. The highest BCUT2D eigenvalue weighted by Gasteiger charge is 2.37. The molecule has 2 rings (SSSR count). The van der Waals surface area contributed by atoms with Crippen LogP contribution >= 0.6 is 0 Å². The van der Waals surface area contributed by atoms with Crippen LogP contribution in [0.3, 0.4) is 0 Å². The van der Waals surface area contributed by atoms with Crippen molar-refractivity contribution >= 4 is 5.97 Å². The average molecular weight is 307 g/mol. The molecule has 0 saturated carbocycles. The minimum absolute atomic E-state index is 0.229. The number of aryl methyl sites for hydroxylation is 1. The van der Waals surface area contributed by atoms with Crippen LogP contribution in [0.25, 0.3) is 0 Å². The van der Waals surface area contributed by atoms with Crippen molar-refractivity contribution in [2.45, 2.75) is 51.8 Å². The van der Waals surface area contributed by atoms with E-state index in [0.717, 1.165) is 11.1 Å². The molecule has 0 aliphatic carbocycles. The van der Waals surface area contributed by atoms with Gasteiger partial charge in [0.05, 0.1) is 13.2 Å². The molecule has 5 heteroatoms. The maximum absolute atomic E-state index is 11.8. The molecule has 122 valence electrons. The van der Waals surface area contributed by atoms with Crippen molar-refractivity contribution in [2.24, 2.45) is 0 Å². The van der Waals surface area contributed by atoms with Gasteiger partial charge in [0.25, 0.3) is 0 Å². The highest BCUT2D eigenvalue weighted by Crippen LogP contribution is 2.30. The molecule has 2 N–H and O–H groups in total. The van der Waals surface area contributed by atoms with Gasteiger partial charge in [-0.25, -0.2) is 0 Å². The van der Waals surface area contributed by atoms with Gasteiger partial charge in [-0.05, 0) is 30.0 Å². The van der Waals surface area contributed by atoms with Crippen LogP contribution in [0.2, 0.25) is 0 Å². The number of aliphatic hydroxyl groups excluding tert-OH is 1. The summed E-state index contributed by atoms with van der Waals surface area (Å²) in [6.45, 7) is 7.03. The minimum atomic E-state index is -0.540. The Hall–Kier alpha value is -1.59. The number of phenolic OH excluding ortho intramolecular Hbond substituents is 1. The number of esters is 1. The number of aromatic hydroxyl groups is 1. The van der Waals surface area contributed by atoms with Crippen molar-refractivity contribution in [2.75, 3.05) is 13.7 Å². The quantitative estimate of drug-likeness (QED) is 0.832. The number of hydrogen-bond donors (Lipinski definition) is 2. The lowest BCUT2D eigenvalue weighted by Crippen LogP contribution is -2.36. The number of β-amino-alcohol motifs (C(OH)–C–C–N with tert-alkyl or cyclic N) is 1. The van der Waals surface area contributed by atoms with Gasteiger partial charge in [0, 0.05) is 25.1 Å². The smallest absolute Gasteiger partial charge is 0.323 e. The van der Waals surface area contributed by atoms with E-state index >= 15 is 0 Å². The van der Waals surface area contributed by atoms with Gasteiger partial charge in [0.15, 0.2) is 0 Å². The molecule has 1 aromatic carbocycles. The summed E-state index contributed by atoms with van der Waals surface area (Å²) in [5, 5.41) is 20.0. The van der Waals surface area contributed by atoms with Crippen LogP contribution in [0.5, 0.6) is 5.75 Å². The summed E-state index contributed by atoms with van der Waals surface area (Å²) in [4.78, 5) is 13.7. The molecule has 5 nitrogen and oxygen atoms in total. The van der Waals surface area contributed by atoms with Gasteiger partial charge in [-0.2, -0.15) is 0 Å². The summed E-state index contributed by atoms with van der Waals surface area (Å²) in [6, 6.07) is 3.31. The molecule has 0 amide bonds. The number of carbonyl (C=O) groups is 1. The second-order valence-electron chi connectivity index (χ2n) is 6.35. The van der Waals surface area contributed by atoms with Crippen molar-refractivity contribution in [1.29, 1.82) is 0 Å². The summed E-state index contributed by atoms with van der Waals surface area (Å²) in [5.74, 6) is 0.249. The van der Waals surface area contributed by atoms with Crippen LogP contribution in [-0.4, -0.2) is 46.9 Å². The van der Waals surface area contributed by atoms with Crippen LogP contribution in [0.15, 0.2) is 12.1 Å². The lowest BCUT2D eigenvalue weighted by molar-refractivity contribution is -0.146. The van der Waals surface area contributed by atoms with Gasteiger partial charge >= 0.3 is 5.97 Å². The van der Waals surface area contributed by atoms with Crippen molar-refractivity contribution in [1.82, 2.24) is 4.90 Å². The Labute approximate surface area is 131 Å². The van der Waals surface area contributed by atoms with Crippen LogP contribution in [0.4, 0.5) is 0 Å². The van der Waals surface area contributed by atoms with Gasteiger partial charge in [-0.15, -0.1) is 0 Å². The number of benzene rings is 1. The first-order valence-corrected chi connectivity index (χ1v) is 7.65. The molecule has 0 radical (unpaired) electrons. The first-order chi connectivity index (χ1) is 10.3. The maximum Gasteiger partial charge on any atom is 0.323 e.